The molecule has 0 aliphatic rings. The lowest BCUT2D eigenvalue weighted by molar-refractivity contribution is -0.170. The number of unbranched alkanes of at least 4 members (excludes halogenated alkanes) is 7. The SMILES string of the molecule is CCCCCCCCCC.O=C(O)CC(O)(CC(=O)O)C(=O)O. The van der Waals surface area contributed by atoms with Gasteiger partial charge in [-0.25, -0.2) is 4.79 Å². The van der Waals surface area contributed by atoms with Crippen LogP contribution in [0, 0.1) is 0 Å². The maximum atomic E-state index is 10.3. The summed E-state index contributed by atoms with van der Waals surface area (Å²) in [5.41, 5.74) is -2.74. The largest absolute Gasteiger partial charge is 0.481 e. The second-order valence-corrected chi connectivity index (χ2v) is 5.60. The summed E-state index contributed by atoms with van der Waals surface area (Å²) in [6.07, 6.45) is 9.17. The summed E-state index contributed by atoms with van der Waals surface area (Å²) >= 11 is 0. The molecule has 0 amide bonds. The van der Waals surface area contributed by atoms with Crippen molar-refractivity contribution < 1.29 is 34.8 Å². The lowest BCUT2D eigenvalue weighted by Gasteiger charge is -2.18. The van der Waals surface area contributed by atoms with E-state index in [2.05, 4.69) is 13.8 Å². The lowest BCUT2D eigenvalue weighted by Crippen LogP contribution is -2.42. The van der Waals surface area contributed by atoms with Gasteiger partial charge in [-0.15, -0.1) is 0 Å². The molecule has 7 heteroatoms. The minimum absolute atomic E-state index is 1.14. The van der Waals surface area contributed by atoms with E-state index in [0.717, 1.165) is 0 Å². The summed E-state index contributed by atoms with van der Waals surface area (Å²) in [6.45, 7) is 4.54. The highest BCUT2D eigenvalue weighted by Crippen LogP contribution is 2.15. The number of carboxylic acids is 3. The molecule has 0 saturated heterocycles. The maximum Gasteiger partial charge on any atom is 0.336 e. The highest BCUT2D eigenvalue weighted by molar-refractivity contribution is 5.88. The Labute approximate surface area is 137 Å². The number of hydrogen-bond acceptors (Lipinski definition) is 4. The Morgan fingerprint density at radius 3 is 1.22 bits per heavy atom. The zero-order valence-electron chi connectivity index (χ0n) is 14.1. The summed E-state index contributed by atoms with van der Waals surface area (Å²) < 4.78 is 0. The van der Waals surface area contributed by atoms with E-state index in [-0.39, 0.29) is 0 Å². The third kappa shape index (κ3) is 15.1. The van der Waals surface area contributed by atoms with E-state index in [1.165, 1.54) is 51.4 Å². The van der Waals surface area contributed by atoms with Crippen molar-refractivity contribution in [2.24, 2.45) is 0 Å². The van der Waals surface area contributed by atoms with Gasteiger partial charge in [0.05, 0.1) is 12.8 Å². The fourth-order valence-electron chi connectivity index (χ4n) is 1.92. The van der Waals surface area contributed by atoms with Crippen molar-refractivity contribution in [2.75, 3.05) is 0 Å². The third-order valence-corrected chi connectivity index (χ3v) is 3.24. The molecule has 0 rings (SSSR count). The van der Waals surface area contributed by atoms with E-state index in [1.54, 1.807) is 0 Å². The molecular formula is C16H30O7. The van der Waals surface area contributed by atoms with Gasteiger partial charge in [-0.3, -0.25) is 9.59 Å². The first-order chi connectivity index (χ1) is 10.7. The van der Waals surface area contributed by atoms with E-state index < -0.39 is 36.4 Å². The number of hydrogen-bond donors (Lipinski definition) is 4. The number of carboxylic acid groups (broad SMARTS) is 3. The van der Waals surface area contributed by atoms with Crippen molar-refractivity contribution in [2.45, 2.75) is 83.7 Å². The predicted molar refractivity (Wildman–Crippen MR) is 85.4 cm³/mol. The van der Waals surface area contributed by atoms with Crippen LogP contribution >= 0.6 is 0 Å². The molecule has 0 atom stereocenters. The predicted octanol–water partition coefficient (Wildman–Crippen LogP) is 2.90. The second-order valence-electron chi connectivity index (χ2n) is 5.60. The van der Waals surface area contributed by atoms with Crippen molar-refractivity contribution in [3.8, 4) is 0 Å². The summed E-state index contributed by atoms with van der Waals surface area (Å²) in [6, 6.07) is 0. The molecular weight excluding hydrogens is 304 g/mol. The number of carbonyl (C=O) groups is 3. The quantitative estimate of drug-likeness (QED) is 0.403. The smallest absolute Gasteiger partial charge is 0.336 e. The highest BCUT2D eigenvalue weighted by Gasteiger charge is 2.40. The first-order valence-electron chi connectivity index (χ1n) is 8.09. The first-order valence-corrected chi connectivity index (χ1v) is 8.09. The molecule has 136 valence electrons. The van der Waals surface area contributed by atoms with Crippen molar-refractivity contribution in [3.05, 3.63) is 0 Å². The van der Waals surface area contributed by atoms with Gasteiger partial charge in [0.1, 0.15) is 0 Å². The molecule has 7 nitrogen and oxygen atoms in total. The fraction of sp³-hybridized carbons (Fsp3) is 0.812. The summed E-state index contributed by atoms with van der Waals surface area (Å²) in [4.78, 5) is 30.5. The zero-order valence-corrected chi connectivity index (χ0v) is 14.1. The second kappa shape index (κ2) is 14.0. The summed E-state index contributed by atoms with van der Waals surface area (Å²) in [5.74, 6) is -5.02. The van der Waals surface area contributed by atoms with Gasteiger partial charge >= 0.3 is 17.9 Å². The van der Waals surface area contributed by atoms with Crippen LogP contribution in [0.5, 0.6) is 0 Å². The molecule has 0 aromatic carbocycles. The van der Waals surface area contributed by atoms with E-state index in [9.17, 15) is 14.4 Å². The number of aliphatic hydroxyl groups is 1. The van der Waals surface area contributed by atoms with Crippen LogP contribution in [0.2, 0.25) is 0 Å². The molecule has 0 bridgehead atoms. The molecule has 0 radical (unpaired) electrons. The number of aliphatic carboxylic acids is 3. The van der Waals surface area contributed by atoms with Crippen molar-refractivity contribution >= 4 is 17.9 Å². The zero-order chi connectivity index (χ0) is 18.3. The van der Waals surface area contributed by atoms with Gasteiger partial charge in [-0.2, -0.15) is 0 Å². The minimum atomic E-state index is -2.74. The van der Waals surface area contributed by atoms with E-state index in [0.29, 0.717) is 0 Å². The molecule has 0 aliphatic carbocycles. The van der Waals surface area contributed by atoms with Gasteiger partial charge in [-0.1, -0.05) is 65.2 Å². The van der Waals surface area contributed by atoms with Crippen LogP contribution in [0.1, 0.15) is 78.1 Å². The normalized spacial score (nSPS) is 10.6. The van der Waals surface area contributed by atoms with E-state index in [4.69, 9.17) is 20.4 Å². The number of rotatable bonds is 12. The Hall–Kier alpha value is -1.63. The van der Waals surface area contributed by atoms with Crippen LogP contribution in [-0.2, 0) is 14.4 Å². The average Bonchev–Trinajstić information content (AvgIpc) is 2.41. The van der Waals surface area contributed by atoms with E-state index >= 15 is 0 Å². The molecule has 23 heavy (non-hydrogen) atoms. The van der Waals surface area contributed by atoms with Gasteiger partial charge in [0.15, 0.2) is 5.60 Å². The maximum absolute atomic E-state index is 10.3. The molecule has 0 unspecified atom stereocenters. The van der Waals surface area contributed by atoms with Crippen LogP contribution < -0.4 is 0 Å². The first kappa shape index (κ1) is 23.6. The van der Waals surface area contributed by atoms with E-state index in [1.807, 2.05) is 0 Å². The standard InChI is InChI=1S/C10H22.C6H8O7/c1-3-5-7-9-10-8-6-4-2;7-3(8)1-6(13,5(11)12)2-4(9)10/h3-10H2,1-2H3;13H,1-2H2,(H,7,8)(H,9,10)(H,11,12). The summed E-state index contributed by atoms with van der Waals surface area (Å²) in [7, 11) is 0. The highest BCUT2D eigenvalue weighted by atomic mass is 16.4. The van der Waals surface area contributed by atoms with Crippen molar-refractivity contribution in [3.63, 3.8) is 0 Å². The van der Waals surface area contributed by atoms with Gasteiger partial charge in [0, 0.05) is 0 Å². The lowest BCUT2D eigenvalue weighted by atomic mass is 9.96. The molecule has 0 spiro atoms. The van der Waals surface area contributed by atoms with Gasteiger partial charge in [-0.05, 0) is 0 Å². The van der Waals surface area contributed by atoms with Crippen LogP contribution in [0.15, 0.2) is 0 Å². The van der Waals surface area contributed by atoms with Gasteiger partial charge < -0.3 is 20.4 Å². The van der Waals surface area contributed by atoms with Crippen LogP contribution in [0.3, 0.4) is 0 Å². The van der Waals surface area contributed by atoms with Gasteiger partial charge in [0.2, 0.25) is 0 Å². The molecule has 0 saturated carbocycles. The van der Waals surface area contributed by atoms with Crippen LogP contribution in [0.4, 0.5) is 0 Å². The van der Waals surface area contributed by atoms with Crippen LogP contribution in [-0.4, -0.2) is 43.9 Å². The third-order valence-electron chi connectivity index (χ3n) is 3.24. The Kier molecular flexibility index (Phi) is 14.4. The molecule has 4 N–H and O–H groups in total. The fourth-order valence-corrected chi connectivity index (χ4v) is 1.92. The topological polar surface area (TPSA) is 132 Å². The average molecular weight is 334 g/mol. The molecule has 0 aromatic rings. The Morgan fingerprint density at radius 2 is 1.00 bits per heavy atom. The van der Waals surface area contributed by atoms with Crippen molar-refractivity contribution in [1.29, 1.82) is 0 Å². The summed E-state index contributed by atoms with van der Waals surface area (Å²) in [5, 5.41) is 33.8. The monoisotopic (exact) mass is 334 g/mol. The Balaban J connectivity index is 0. The minimum Gasteiger partial charge on any atom is -0.481 e. The molecule has 0 fully saturated rings. The molecule has 0 aliphatic heterocycles. The Morgan fingerprint density at radius 1 is 0.696 bits per heavy atom. The van der Waals surface area contributed by atoms with Crippen molar-refractivity contribution in [1.82, 2.24) is 0 Å². The Bertz CT molecular complexity index is 328. The van der Waals surface area contributed by atoms with Gasteiger partial charge in [0.25, 0.3) is 0 Å². The molecule has 0 heterocycles. The molecule has 0 aromatic heterocycles. The van der Waals surface area contributed by atoms with Crippen LogP contribution in [0.25, 0.3) is 0 Å².